The van der Waals surface area contributed by atoms with Crippen molar-refractivity contribution in [3.63, 3.8) is 0 Å². The molecule has 0 aliphatic rings. The number of hydrogen-bond acceptors (Lipinski definition) is 5. The van der Waals surface area contributed by atoms with Crippen LogP contribution in [0.3, 0.4) is 0 Å². The second-order valence-electron chi connectivity index (χ2n) is 4.34. The van der Waals surface area contributed by atoms with E-state index < -0.39 is 5.97 Å². The van der Waals surface area contributed by atoms with E-state index in [1.165, 1.54) is 24.3 Å². The predicted octanol–water partition coefficient (Wildman–Crippen LogP) is 2.81. The third-order valence-corrected chi connectivity index (χ3v) is 2.92. The van der Waals surface area contributed by atoms with Crippen molar-refractivity contribution in [3.8, 4) is 28.7 Å². The summed E-state index contributed by atoms with van der Waals surface area (Å²) < 4.78 is 5.54. The number of aromatic nitrogens is 2. The molecule has 0 bridgehead atoms. The average Bonchev–Trinajstić information content (AvgIpc) is 2.98. The highest BCUT2D eigenvalue weighted by Crippen LogP contribution is 2.25. The van der Waals surface area contributed by atoms with Crippen LogP contribution in [0.5, 0.6) is 5.75 Å². The SMILES string of the molecule is O=C(O)c1ccc(-c2nnc(-c3ccc(O)cc3)o2)cc1. The number of rotatable bonds is 3. The first-order valence-corrected chi connectivity index (χ1v) is 6.10. The molecule has 1 aromatic heterocycles. The van der Waals surface area contributed by atoms with Crippen LogP contribution in [-0.4, -0.2) is 26.4 Å². The number of phenols is 1. The highest BCUT2D eigenvalue weighted by molar-refractivity contribution is 5.88. The third-order valence-electron chi connectivity index (χ3n) is 2.92. The smallest absolute Gasteiger partial charge is 0.335 e. The number of benzene rings is 2. The van der Waals surface area contributed by atoms with Crippen molar-refractivity contribution in [1.29, 1.82) is 0 Å². The summed E-state index contributed by atoms with van der Waals surface area (Å²) in [4.78, 5) is 10.8. The molecule has 2 N–H and O–H groups in total. The van der Waals surface area contributed by atoms with E-state index in [9.17, 15) is 9.90 Å². The molecule has 6 nitrogen and oxygen atoms in total. The van der Waals surface area contributed by atoms with Gasteiger partial charge in [0, 0.05) is 11.1 Å². The Hall–Kier alpha value is -3.15. The largest absolute Gasteiger partial charge is 0.508 e. The van der Waals surface area contributed by atoms with Gasteiger partial charge in [-0.15, -0.1) is 10.2 Å². The predicted molar refractivity (Wildman–Crippen MR) is 73.8 cm³/mol. The Morgan fingerprint density at radius 2 is 1.33 bits per heavy atom. The second-order valence-corrected chi connectivity index (χ2v) is 4.34. The molecule has 6 heteroatoms. The molecule has 0 unspecified atom stereocenters. The number of hydrogen-bond donors (Lipinski definition) is 2. The number of carboxylic acid groups (broad SMARTS) is 1. The van der Waals surface area contributed by atoms with E-state index in [0.717, 1.165) is 0 Å². The molecule has 0 atom stereocenters. The van der Waals surface area contributed by atoms with Crippen molar-refractivity contribution in [2.24, 2.45) is 0 Å². The van der Waals surface area contributed by atoms with Crippen LogP contribution in [0.2, 0.25) is 0 Å². The van der Waals surface area contributed by atoms with Crippen molar-refractivity contribution in [2.75, 3.05) is 0 Å². The first kappa shape index (κ1) is 12.9. The van der Waals surface area contributed by atoms with Crippen molar-refractivity contribution < 1.29 is 19.4 Å². The molecule has 0 radical (unpaired) electrons. The molecule has 0 saturated carbocycles. The topological polar surface area (TPSA) is 96.5 Å². The second kappa shape index (κ2) is 5.09. The molecule has 104 valence electrons. The van der Waals surface area contributed by atoms with E-state index in [0.29, 0.717) is 22.9 Å². The van der Waals surface area contributed by atoms with Crippen LogP contribution in [0.25, 0.3) is 22.9 Å². The Kier molecular flexibility index (Phi) is 3.12. The lowest BCUT2D eigenvalue weighted by Gasteiger charge is -1.97. The molecule has 0 amide bonds. The van der Waals surface area contributed by atoms with Gasteiger partial charge < -0.3 is 14.6 Å². The van der Waals surface area contributed by atoms with Gasteiger partial charge >= 0.3 is 5.97 Å². The molecule has 0 aliphatic heterocycles. The van der Waals surface area contributed by atoms with Crippen LogP contribution in [0.15, 0.2) is 52.9 Å². The van der Waals surface area contributed by atoms with Crippen molar-refractivity contribution in [2.45, 2.75) is 0 Å². The number of phenolic OH excluding ortho intramolecular Hbond substituents is 1. The van der Waals surface area contributed by atoms with Gasteiger partial charge in [0.05, 0.1) is 5.56 Å². The van der Waals surface area contributed by atoms with E-state index in [1.54, 1.807) is 24.3 Å². The molecule has 2 aromatic carbocycles. The highest BCUT2D eigenvalue weighted by atomic mass is 16.4. The number of aromatic carboxylic acids is 1. The zero-order valence-electron chi connectivity index (χ0n) is 10.7. The summed E-state index contributed by atoms with van der Waals surface area (Å²) in [5.41, 5.74) is 1.52. The van der Waals surface area contributed by atoms with E-state index >= 15 is 0 Å². The molecular weight excluding hydrogens is 272 g/mol. The van der Waals surface area contributed by atoms with Crippen LogP contribution in [-0.2, 0) is 0 Å². The Bertz CT molecular complexity index is 776. The summed E-state index contributed by atoms with van der Waals surface area (Å²) in [6.07, 6.45) is 0. The van der Waals surface area contributed by atoms with Gasteiger partial charge in [-0.25, -0.2) is 4.79 Å². The zero-order valence-corrected chi connectivity index (χ0v) is 10.7. The molecule has 0 fully saturated rings. The molecule has 1 heterocycles. The highest BCUT2D eigenvalue weighted by Gasteiger charge is 2.11. The van der Waals surface area contributed by atoms with E-state index in [-0.39, 0.29) is 11.3 Å². The minimum atomic E-state index is -0.989. The fraction of sp³-hybridized carbons (Fsp3) is 0. The van der Waals surface area contributed by atoms with Gasteiger partial charge in [-0.3, -0.25) is 0 Å². The van der Waals surface area contributed by atoms with Crippen LogP contribution in [0.4, 0.5) is 0 Å². The Morgan fingerprint density at radius 3 is 1.81 bits per heavy atom. The van der Waals surface area contributed by atoms with Crippen LogP contribution in [0.1, 0.15) is 10.4 Å². The minimum absolute atomic E-state index is 0.155. The fourth-order valence-electron chi connectivity index (χ4n) is 1.82. The molecule has 3 rings (SSSR count). The number of carboxylic acids is 1. The Morgan fingerprint density at radius 1 is 0.857 bits per heavy atom. The van der Waals surface area contributed by atoms with Crippen molar-refractivity contribution >= 4 is 5.97 Å². The summed E-state index contributed by atoms with van der Waals surface area (Å²) in [7, 11) is 0. The summed E-state index contributed by atoms with van der Waals surface area (Å²) in [6.45, 7) is 0. The third kappa shape index (κ3) is 2.59. The number of aromatic hydroxyl groups is 1. The summed E-state index contributed by atoms with van der Waals surface area (Å²) >= 11 is 0. The van der Waals surface area contributed by atoms with Gasteiger partial charge in [0.25, 0.3) is 0 Å². The first-order chi connectivity index (χ1) is 10.1. The number of nitrogens with zero attached hydrogens (tertiary/aromatic N) is 2. The molecule has 21 heavy (non-hydrogen) atoms. The zero-order chi connectivity index (χ0) is 14.8. The van der Waals surface area contributed by atoms with Crippen LogP contribution >= 0.6 is 0 Å². The maximum Gasteiger partial charge on any atom is 0.335 e. The minimum Gasteiger partial charge on any atom is -0.508 e. The first-order valence-electron chi connectivity index (χ1n) is 6.10. The van der Waals surface area contributed by atoms with Gasteiger partial charge in [0.2, 0.25) is 11.8 Å². The van der Waals surface area contributed by atoms with Crippen LogP contribution < -0.4 is 0 Å². The molecule has 3 aromatic rings. The Labute approximate surface area is 119 Å². The molecule has 0 saturated heterocycles. The summed E-state index contributed by atoms with van der Waals surface area (Å²) in [5.74, 6) is -0.207. The van der Waals surface area contributed by atoms with Gasteiger partial charge in [-0.2, -0.15) is 0 Å². The van der Waals surface area contributed by atoms with Gasteiger partial charge in [0.1, 0.15) is 5.75 Å². The summed E-state index contributed by atoms with van der Waals surface area (Å²) in [6, 6.07) is 12.6. The lowest BCUT2D eigenvalue weighted by Crippen LogP contribution is -1.94. The quantitative estimate of drug-likeness (QED) is 0.766. The van der Waals surface area contributed by atoms with Crippen molar-refractivity contribution in [1.82, 2.24) is 10.2 Å². The van der Waals surface area contributed by atoms with E-state index in [2.05, 4.69) is 10.2 Å². The molecule has 0 spiro atoms. The molecular formula is C15H10N2O4. The number of carbonyl (C=O) groups is 1. The lowest BCUT2D eigenvalue weighted by molar-refractivity contribution is 0.0697. The normalized spacial score (nSPS) is 10.5. The van der Waals surface area contributed by atoms with Crippen LogP contribution in [0, 0.1) is 0 Å². The molecule has 0 aliphatic carbocycles. The average molecular weight is 282 g/mol. The lowest BCUT2D eigenvalue weighted by atomic mass is 10.1. The Balaban J connectivity index is 1.90. The van der Waals surface area contributed by atoms with Crippen molar-refractivity contribution in [3.05, 3.63) is 54.1 Å². The summed E-state index contributed by atoms with van der Waals surface area (Å²) in [5, 5.41) is 26.0. The van der Waals surface area contributed by atoms with E-state index in [1.807, 2.05) is 0 Å². The van der Waals surface area contributed by atoms with E-state index in [4.69, 9.17) is 9.52 Å². The monoisotopic (exact) mass is 282 g/mol. The van der Waals surface area contributed by atoms with Gasteiger partial charge in [-0.05, 0) is 48.5 Å². The maximum absolute atomic E-state index is 10.8. The standard InChI is InChI=1S/C15H10N2O4/c18-12-7-5-10(6-8-12)14-17-16-13(21-14)9-1-3-11(4-2-9)15(19)20/h1-8,18H,(H,19,20). The maximum atomic E-state index is 10.8. The van der Waals surface area contributed by atoms with Gasteiger partial charge in [-0.1, -0.05) is 0 Å². The fourth-order valence-corrected chi connectivity index (χ4v) is 1.82. The van der Waals surface area contributed by atoms with Gasteiger partial charge in [0.15, 0.2) is 0 Å².